The van der Waals surface area contributed by atoms with E-state index in [4.69, 9.17) is 4.74 Å². The number of thiazole rings is 1. The van der Waals surface area contributed by atoms with Crippen LogP contribution in [0.1, 0.15) is 35.7 Å². The number of ether oxygens (including phenoxy) is 1. The Bertz CT molecular complexity index is 963. The molecule has 0 aliphatic heterocycles. The van der Waals surface area contributed by atoms with E-state index in [2.05, 4.69) is 16.4 Å². The Kier molecular flexibility index (Phi) is 5.64. The molecule has 1 aliphatic rings. The molecule has 7 heteroatoms. The number of carbonyl (C=O) groups excluding carboxylic acids is 2. The molecule has 0 bridgehead atoms. The maximum absolute atomic E-state index is 12.2. The number of aromatic nitrogens is 1. The molecule has 3 aromatic rings. The first-order valence-corrected chi connectivity index (χ1v) is 11.0. The lowest BCUT2D eigenvalue weighted by atomic mass is 10.1. The molecule has 4 rings (SSSR count). The highest BCUT2D eigenvalue weighted by Gasteiger charge is 2.27. The number of para-hydroxylation sites is 1. The van der Waals surface area contributed by atoms with Crippen molar-refractivity contribution in [3.63, 3.8) is 0 Å². The summed E-state index contributed by atoms with van der Waals surface area (Å²) in [5, 5.41) is 2.84. The average molecular weight is 413 g/mol. The zero-order chi connectivity index (χ0) is 19.5. The van der Waals surface area contributed by atoms with Gasteiger partial charge >= 0.3 is 5.97 Å². The number of rotatable bonds is 7. The van der Waals surface area contributed by atoms with Gasteiger partial charge in [0.25, 0.3) is 5.91 Å². The predicted molar refractivity (Wildman–Crippen MR) is 112 cm³/mol. The van der Waals surface area contributed by atoms with Gasteiger partial charge in [-0.3, -0.25) is 4.79 Å². The smallest absolute Gasteiger partial charge is 0.338 e. The molecule has 1 saturated carbocycles. The Morgan fingerprint density at radius 3 is 2.68 bits per heavy atom. The molecular formula is C21H20N2O3S2. The van der Waals surface area contributed by atoms with Gasteiger partial charge in [0.05, 0.1) is 15.8 Å². The molecule has 28 heavy (non-hydrogen) atoms. The zero-order valence-corrected chi connectivity index (χ0v) is 17.0. The minimum Gasteiger partial charge on any atom is -0.449 e. The summed E-state index contributed by atoms with van der Waals surface area (Å²) in [4.78, 5) is 28.8. The van der Waals surface area contributed by atoms with Crippen molar-refractivity contribution in [3.8, 4) is 0 Å². The summed E-state index contributed by atoms with van der Waals surface area (Å²) < 4.78 is 7.48. The number of benzene rings is 2. The number of amides is 1. The number of hydrogen-bond acceptors (Lipinski definition) is 6. The molecular weight excluding hydrogens is 392 g/mol. The first-order valence-electron chi connectivity index (χ1n) is 9.17. The third kappa shape index (κ3) is 4.72. The molecule has 0 radical (unpaired) electrons. The van der Waals surface area contributed by atoms with Gasteiger partial charge in [0.15, 0.2) is 10.4 Å². The molecule has 0 saturated heterocycles. The van der Waals surface area contributed by atoms with E-state index >= 15 is 0 Å². The molecule has 2 aromatic carbocycles. The molecule has 5 nitrogen and oxygen atoms in total. The van der Waals surface area contributed by atoms with Crippen LogP contribution in [0.4, 0.5) is 0 Å². The van der Waals surface area contributed by atoms with Crippen LogP contribution in [0.3, 0.4) is 0 Å². The standard InChI is InChI=1S/C21H20N2O3S2/c1-13(19(24)22-16-10-11-16)26-20(25)15-8-6-14(7-9-15)12-27-21-23-17-4-2-3-5-18(17)28-21/h2-9,13,16H,10-12H2,1H3,(H,22,24)/t13-/m1/s1. The lowest BCUT2D eigenvalue weighted by Gasteiger charge is -2.13. The van der Waals surface area contributed by atoms with Crippen LogP contribution in [0, 0.1) is 0 Å². The van der Waals surface area contributed by atoms with Crippen LogP contribution in [-0.2, 0) is 15.3 Å². The lowest BCUT2D eigenvalue weighted by molar-refractivity contribution is -0.129. The average Bonchev–Trinajstić information content (AvgIpc) is 3.42. The first-order chi connectivity index (χ1) is 13.6. The van der Waals surface area contributed by atoms with E-state index in [1.807, 2.05) is 30.3 Å². The number of hydrogen-bond donors (Lipinski definition) is 1. The van der Waals surface area contributed by atoms with Gasteiger partial charge in [-0.1, -0.05) is 36.0 Å². The Labute approximate surface area is 171 Å². The number of nitrogens with zero attached hydrogens (tertiary/aromatic N) is 1. The van der Waals surface area contributed by atoms with Gasteiger partial charge in [-0.15, -0.1) is 11.3 Å². The van der Waals surface area contributed by atoms with Gasteiger partial charge in [-0.2, -0.15) is 0 Å². The zero-order valence-electron chi connectivity index (χ0n) is 15.4. The molecule has 0 unspecified atom stereocenters. The highest BCUT2D eigenvalue weighted by atomic mass is 32.2. The van der Waals surface area contributed by atoms with Crippen molar-refractivity contribution in [1.29, 1.82) is 0 Å². The van der Waals surface area contributed by atoms with Gasteiger partial charge in [0.2, 0.25) is 0 Å². The maximum Gasteiger partial charge on any atom is 0.338 e. The predicted octanol–water partition coefficient (Wildman–Crippen LogP) is 4.41. The van der Waals surface area contributed by atoms with E-state index < -0.39 is 12.1 Å². The van der Waals surface area contributed by atoms with Crippen LogP contribution >= 0.6 is 23.1 Å². The lowest BCUT2D eigenvalue weighted by Crippen LogP contribution is -2.37. The molecule has 1 heterocycles. The fraction of sp³-hybridized carbons (Fsp3) is 0.286. The molecule has 1 atom stereocenters. The van der Waals surface area contributed by atoms with E-state index in [0.717, 1.165) is 34.0 Å². The van der Waals surface area contributed by atoms with Crippen LogP contribution in [0.5, 0.6) is 0 Å². The molecule has 1 N–H and O–H groups in total. The second-order valence-corrected chi connectivity index (χ2v) is 9.02. The summed E-state index contributed by atoms with van der Waals surface area (Å²) in [6, 6.07) is 15.6. The van der Waals surface area contributed by atoms with Crippen LogP contribution in [0.25, 0.3) is 10.2 Å². The van der Waals surface area contributed by atoms with Crippen LogP contribution in [-0.4, -0.2) is 29.0 Å². The minimum absolute atomic E-state index is 0.236. The van der Waals surface area contributed by atoms with Gasteiger partial charge in [-0.05, 0) is 49.6 Å². The third-order valence-corrected chi connectivity index (χ3v) is 6.65. The molecule has 1 aromatic heterocycles. The second kappa shape index (κ2) is 8.32. The van der Waals surface area contributed by atoms with Crippen molar-refractivity contribution in [2.75, 3.05) is 0 Å². The maximum atomic E-state index is 12.2. The molecule has 144 valence electrons. The minimum atomic E-state index is -0.789. The van der Waals surface area contributed by atoms with Crippen molar-refractivity contribution in [2.24, 2.45) is 0 Å². The van der Waals surface area contributed by atoms with Crippen molar-refractivity contribution in [3.05, 3.63) is 59.7 Å². The number of esters is 1. The Morgan fingerprint density at radius 2 is 1.96 bits per heavy atom. The monoisotopic (exact) mass is 412 g/mol. The van der Waals surface area contributed by atoms with E-state index in [1.165, 1.54) is 4.70 Å². The van der Waals surface area contributed by atoms with Gasteiger partial charge in [-0.25, -0.2) is 9.78 Å². The first kappa shape index (κ1) is 19.0. The van der Waals surface area contributed by atoms with E-state index in [9.17, 15) is 9.59 Å². The summed E-state index contributed by atoms with van der Waals surface area (Å²) in [5.41, 5.74) is 2.56. The number of nitrogens with one attached hydrogen (secondary N) is 1. The van der Waals surface area contributed by atoms with Crippen LogP contribution < -0.4 is 5.32 Å². The summed E-state index contributed by atoms with van der Waals surface area (Å²) in [7, 11) is 0. The Hall–Kier alpha value is -2.38. The Morgan fingerprint density at radius 1 is 1.21 bits per heavy atom. The van der Waals surface area contributed by atoms with Crippen molar-refractivity contribution < 1.29 is 14.3 Å². The molecule has 1 aliphatic carbocycles. The van der Waals surface area contributed by atoms with Gasteiger partial charge in [0, 0.05) is 11.8 Å². The SMILES string of the molecule is C[C@@H](OC(=O)c1ccc(CSc2nc3ccccc3s2)cc1)C(=O)NC1CC1. The van der Waals surface area contributed by atoms with Crippen LogP contribution in [0.2, 0.25) is 0 Å². The third-order valence-electron chi connectivity index (χ3n) is 4.40. The van der Waals surface area contributed by atoms with E-state index in [1.54, 1.807) is 42.2 Å². The number of carbonyl (C=O) groups is 2. The summed E-state index contributed by atoms with van der Waals surface area (Å²) in [5.74, 6) is 0.0542. The summed E-state index contributed by atoms with van der Waals surface area (Å²) in [6.07, 6.45) is 1.22. The van der Waals surface area contributed by atoms with Crippen molar-refractivity contribution in [1.82, 2.24) is 10.3 Å². The topological polar surface area (TPSA) is 68.3 Å². The van der Waals surface area contributed by atoms with E-state index in [-0.39, 0.29) is 11.9 Å². The Balaban J connectivity index is 1.31. The van der Waals surface area contributed by atoms with Crippen molar-refractivity contribution in [2.45, 2.75) is 42.0 Å². The fourth-order valence-corrected chi connectivity index (χ4v) is 4.65. The highest BCUT2D eigenvalue weighted by molar-refractivity contribution is 8.00. The molecule has 0 spiro atoms. The van der Waals surface area contributed by atoms with Crippen molar-refractivity contribution >= 4 is 45.2 Å². The van der Waals surface area contributed by atoms with E-state index in [0.29, 0.717) is 5.56 Å². The fourth-order valence-electron chi connectivity index (χ4n) is 2.62. The van der Waals surface area contributed by atoms with Crippen LogP contribution in [0.15, 0.2) is 52.9 Å². The largest absolute Gasteiger partial charge is 0.449 e. The number of fused-ring (bicyclic) bond motifs is 1. The second-order valence-electron chi connectivity index (χ2n) is 6.76. The molecule has 1 fully saturated rings. The quantitative estimate of drug-likeness (QED) is 0.460. The molecule has 1 amide bonds. The summed E-state index contributed by atoms with van der Waals surface area (Å²) in [6.45, 7) is 1.60. The summed E-state index contributed by atoms with van der Waals surface area (Å²) >= 11 is 3.36. The van der Waals surface area contributed by atoms with Gasteiger partial charge < -0.3 is 10.1 Å². The van der Waals surface area contributed by atoms with Gasteiger partial charge in [0.1, 0.15) is 0 Å². The highest BCUT2D eigenvalue weighted by Crippen LogP contribution is 2.31. The number of thioether (sulfide) groups is 1. The normalized spacial score (nSPS) is 14.6.